The first-order chi connectivity index (χ1) is 9.08. The summed E-state index contributed by atoms with van der Waals surface area (Å²) in [5, 5.41) is 6.59. The fourth-order valence-corrected chi connectivity index (χ4v) is 2.31. The van der Waals surface area contributed by atoms with Gasteiger partial charge in [0.15, 0.2) is 0 Å². The van der Waals surface area contributed by atoms with Gasteiger partial charge in [-0.15, -0.1) is 0 Å². The van der Waals surface area contributed by atoms with E-state index in [2.05, 4.69) is 10.6 Å². The molecular formula is C13H16ClN3OS. The summed E-state index contributed by atoms with van der Waals surface area (Å²) in [7, 11) is 0. The van der Waals surface area contributed by atoms with Crippen LogP contribution in [0.3, 0.4) is 0 Å². The van der Waals surface area contributed by atoms with Gasteiger partial charge in [0.25, 0.3) is 0 Å². The van der Waals surface area contributed by atoms with E-state index in [1.54, 1.807) is 6.07 Å². The van der Waals surface area contributed by atoms with E-state index >= 15 is 0 Å². The summed E-state index contributed by atoms with van der Waals surface area (Å²) in [5.74, 6) is 0.0638. The van der Waals surface area contributed by atoms with Crippen LogP contribution in [0.1, 0.15) is 24.8 Å². The molecule has 0 atom stereocenters. The molecule has 0 radical (unpaired) electrons. The zero-order valence-corrected chi connectivity index (χ0v) is 12.0. The minimum Gasteiger partial charge on any atom is -0.389 e. The highest BCUT2D eigenvalue weighted by Gasteiger charge is 2.22. The van der Waals surface area contributed by atoms with Crippen LogP contribution < -0.4 is 16.4 Å². The number of benzene rings is 1. The SMILES string of the molecule is NC(=S)c1c(Cl)cccc1NCCC(=O)NC1CC1. The van der Waals surface area contributed by atoms with E-state index in [1.807, 2.05) is 12.1 Å². The van der Waals surface area contributed by atoms with Gasteiger partial charge in [-0.25, -0.2) is 0 Å². The smallest absolute Gasteiger partial charge is 0.221 e. The van der Waals surface area contributed by atoms with Crippen molar-refractivity contribution >= 4 is 40.4 Å². The summed E-state index contributed by atoms with van der Waals surface area (Å²) in [5.41, 5.74) is 7.04. The topological polar surface area (TPSA) is 67.1 Å². The molecule has 6 heteroatoms. The normalized spacial score (nSPS) is 13.9. The van der Waals surface area contributed by atoms with Gasteiger partial charge >= 0.3 is 0 Å². The molecule has 2 rings (SSSR count). The third kappa shape index (κ3) is 4.08. The second-order valence-electron chi connectivity index (χ2n) is 4.55. The summed E-state index contributed by atoms with van der Waals surface area (Å²) >= 11 is 11.0. The number of thiocarbonyl (C=S) groups is 1. The van der Waals surface area contributed by atoms with Gasteiger partial charge in [0.2, 0.25) is 5.91 Å². The molecular weight excluding hydrogens is 282 g/mol. The number of nitrogens with one attached hydrogen (secondary N) is 2. The first-order valence-corrected chi connectivity index (χ1v) is 6.98. The van der Waals surface area contributed by atoms with Crippen molar-refractivity contribution in [1.29, 1.82) is 0 Å². The molecule has 1 aromatic carbocycles. The molecule has 1 aromatic rings. The Bertz CT molecular complexity index is 503. The molecule has 0 bridgehead atoms. The molecule has 0 saturated heterocycles. The monoisotopic (exact) mass is 297 g/mol. The molecule has 4 N–H and O–H groups in total. The molecule has 1 aliphatic carbocycles. The second-order valence-corrected chi connectivity index (χ2v) is 5.39. The minimum absolute atomic E-state index is 0.0638. The van der Waals surface area contributed by atoms with Crippen LogP contribution in [0.15, 0.2) is 18.2 Å². The molecule has 0 aromatic heterocycles. The molecule has 0 aliphatic heterocycles. The number of carbonyl (C=O) groups excluding carboxylic acids is 1. The maximum Gasteiger partial charge on any atom is 0.221 e. The van der Waals surface area contributed by atoms with E-state index in [0.717, 1.165) is 18.5 Å². The first-order valence-electron chi connectivity index (χ1n) is 6.19. The Hall–Kier alpha value is -1.33. The maximum absolute atomic E-state index is 11.5. The highest BCUT2D eigenvalue weighted by atomic mass is 35.5. The van der Waals surface area contributed by atoms with Gasteiger partial charge in [-0.1, -0.05) is 29.9 Å². The molecule has 1 saturated carbocycles. The minimum atomic E-state index is 0.0638. The number of halogens is 1. The molecule has 0 spiro atoms. The van der Waals surface area contributed by atoms with Crippen LogP contribution in [0.5, 0.6) is 0 Å². The first kappa shape index (κ1) is 14.1. The Morgan fingerprint density at radius 1 is 1.47 bits per heavy atom. The van der Waals surface area contributed by atoms with Gasteiger partial charge in [0.05, 0.1) is 10.6 Å². The molecule has 0 heterocycles. The van der Waals surface area contributed by atoms with Gasteiger partial charge in [0.1, 0.15) is 4.99 Å². The van der Waals surface area contributed by atoms with Crippen LogP contribution in [-0.2, 0) is 4.79 Å². The number of nitrogens with two attached hydrogens (primary N) is 1. The number of carbonyl (C=O) groups is 1. The predicted molar refractivity (Wildman–Crippen MR) is 81.6 cm³/mol. The van der Waals surface area contributed by atoms with Crippen molar-refractivity contribution in [3.8, 4) is 0 Å². The van der Waals surface area contributed by atoms with Crippen LogP contribution in [-0.4, -0.2) is 23.5 Å². The Morgan fingerprint density at radius 3 is 2.84 bits per heavy atom. The number of hydrogen-bond acceptors (Lipinski definition) is 3. The largest absolute Gasteiger partial charge is 0.389 e. The van der Waals surface area contributed by atoms with Crippen molar-refractivity contribution in [3.05, 3.63) is 28.8 Å². The van der Waals surface area contributed by atoms with Crippen molar-refractivity contribution in [2.75, 3.05) is 11.9 Å². The molecule has 0 unspecified atom stereocenters. The lowest BCUT2D eigenvalue weighted by atomic mass is 10.1. The highest BCUT2D eigenvalue weighted by Crippen LogP contribution is 2.24. The average molecular weight is 298 g/mol. The van der Waals surface area contributed by atoms with Gasteiger partial charge in [-0.2, -0.15) is 0 Å². The zero-order valence-electron chi connectivity index (χ0n) is 10.4. The fraction of sp³-hybridized carbons (Fsp3) is 0.385. The second kappa shape index (κ2) is 6.21. The van der Waals surface area contributed by atoms with E-state index in [9.17, 15) is 4.79 Å². The van der Waals surface area contributed by atoms with E-state index in [0.29, 0.717) is 29.6 Å². The quantitative estimate of drug-likeness (QED) is 0.703. The van der Waals surface area contributed by atoms with Crippen molar-refractivity contribution < 1.29 is 4.79 Å². The lowest BCUT2D eigenvalue weighted by molar-refractivity contribution is -0.120. The summed E-state index contributed by atoms with van der Waals surface area (Å²) in [6, 6.07) is 5.79. The third-order valence-electron chi connectivity index (χ3n) is 2.87. The lowest BCUT2D eigenvalue weighted by Gasteiger charge is -2.12. The summed E-state index contributed by atoms with van der Waals surface area (Å²) < 4.78 is 0. The molecule has 1 amide bonds. The van der Waals surface area contributed by atoms with Gasteiger partial charge < -0.3 is 16.4 Å². The molecule has 1 aliphatic rings. The van der Waals surface area contributed by atoms with Crippen LogP contribution >= 0.6 is 23.8 Å². The van der Waals surface area contributed by atoms with Crippen LogP contribution in [0.2, 0.25) is 5.02 Å². The van der Waals surface area contributed by atoms with Crippen LogP contribution in [0.4, 0.5) is 5.69 Å². The van der Waals surface area contributed by atoms with E-state index in [4.69, 9.17) is 29.6 Å². The molecule has 102 valence electrons. The average Bonchev–Trinajstić information content (AvgIpc) is 3.12. The zero-order chi connectivity index (χ0) is 13.8. The number of amides is 1. The van der Waals surface area contributed by atoms with Crippen LogP contribution in [0.25, 0.3) is 0 Å². The molecule has 4 nitrogen and oxygen atoms in total. The Morgan fingerprint density at radius 2 is 2.21 bits per heavy atom. The molecule has 1 fully saturated rings. The van der Waals surface area contributed by atoms with E-state index in [-0.39, 0.29) is 10.9 Å². The lowest BCUT2D eigenvalue weighted by Crippen LogP contribution is -2.27. The Labute approximate surface area is 122 Å². The number of hydrogen-bond donors (Lipinski definition) is 3. The summed E-state index contributed by atoms with van der Waals surface area (Å²) in [6.45, 7) is 0.522. The van der Waals surface area contributed by atoms with Crippen molar-refractivity contribution in [2.45, 2.75) is 25.3 Å². The van der Waals surface area contributed by atoms with Crippen molar-refractivity contribution in [1.82, 2.24) is 5.32 Å². The summed E-state index contributed by atoms with van der Waals surface area (Å²) in [6.07, 6.45) is 2.61. The van der Waals surface area contributed by atoms with E-state index < -0.39 is 0 Å². The summed E-state index contributed by atoms with van der Waals surface area (Å²) in [4.78, 5) is 11.8. The van der Waals surface area contributed by atoms with Gasteiger partial charge in [0, 0.05) is 24.7 Å². The molecule has 19 heavy (non-hydrogen) atoms. The van der Waals surface area contributed by atoms with Gasteiger partial charge in [-0.05, 0) is 25.0 Å². The van der Waals surface area contributed by atoms with Gasteiger partial charge in [-0.3, -0.25) is 4.79 Å². The maximum atomic E-state index is 11.5. The standard InChI is InChI=1S/C13H16ClN3OS/c14-9-2-1-3-10(12(9)13(15)19)16-7-6-11(18)17-8-4-5-8/h1-3,8,16H,4-7H2,(H2,15,19)(H,17,18). The highest BCUT2D eigenvalue weighted by molar-refractivity contribution is 7.80. The third-order valence-corrected chi connectivity index (χ3v) is 3.39. The number of anilines is 1. The van der Waals surface area contributed by atoms with Crippen LogP contribution in [0, 0.1) is 0 Å². The van der Waals surface area contributed by atoms with Crippen molar-refractivity contribution in [3.63, 3.8) is 0 Å². The van der Waals surface area contributed by atoms with E-state index in [1.165, 1.54) is 0 Å². The predicted octanol–water partition coefficient (Wildman–Crippen LogP) is 2.05. The fourth-order valence-electron chi connectivity index (χ4n) is 1.76. The Kier molecular flexibility index (Phi) is 4.61. The van der Waals surface area contributed by atoms with Crippen molar-refractivity contribution in [2.24, 2.45) is 5.73 Å². The number of rotatable bonds is 6. The Balaban J connectivity index is 1.89.